The molecule has 1 saturated heterocycles. The molecule has 2 aliphatic heterocycles. The number of sulfonamides is 1. The van der Waals surface area contributed by atoms with Gasteiger partial charge in [-0.3, -0.25) is 9.59 Å². The third-order valence-corrected chi connectivity index (χ3v) is 9.59. The van der Waals surface area contributed by atoms with Crippen LogP contribution in [-0.2, 0) is 26.2 Å². The smallest absolute Gasteiger partial charge is 0.263 e. The summed E-state index contributed by atoms with van der Waals surface area (Å²) in [5, 5.41) is 4.72. The van der Waals surface area contributed by atoms with Gasteiger partial charge in [-0.2, -0.15) is 4.31 Å². The number of piperidine rings is 1. The number of carbonyl (C=O) groups is 2. The van der Waals surface area contributed by atoms with Crippen LogP contribution in [-0.4, -0.2) is 50.3 Å². The first-order valence-electron chi connectivity index (χ1n) is 13.8. The Morgan fingerprint density at radius 2 is 1.59 bits per heavy atom. The van der Waals surface area contributed by atoms with Gasteiger partial charge in [0.2, 0.25) is 15.9 Å². The summed E-state index contributed by atoms with van der Waals surface area (Å²) >= 11 is 0. The SMILES string of the molecule is O=C(NCc1ccccc1)C1CN(C(=O)C2CCCN(S(=O)(=O)c3ccc4ccccc4c3)C2)c2ccccc2O1. The summed E-state index contributed by atoms with van der Waals surface area (Å²) in [5.74, 6) is -0.619. The lowest BCUT2D eigenvalue weighted by molar-refractivity contribution is -0.129. The van der Waals surface area contributed by atoms with E-state index in [0.717, 1.165) is 16.3 Å². The van der Waals surface area contributed by atoms with Gasteiger partial charge in [0.15, 0.2) is 6.10 Å². The Balaban J connectivity index is 1.20. The van der Waals surface area contributed by atoms with Gasteiger partial charge in [0.25, 0.3) is 5.91 Å². The highest BCUT2D eigenvalue weighted by atomic mass is 32.2. The summed E-state index contributed by atoms with van der Waals surface area (Å²) in [6, 6.07) is 29.5. The van der Waals surface area contributed by atoms with Crippen molar-refractivity contribution >= 4 is 38.3 Å². The van der Waals surface area contributed by atoms with E-state index in [9.17, 15) is 18.0 Å². The highest BCUT2D eigenvalue weighted by molar-refractivity contribution is 7.89. The molecule has 0 aliphatic carbocycles. The zero-order chi connectivity index (χ0) is 28.4. The third-order valence-electron chi connectivity index (χ3n) is 7.73. The molecule has 0 spiro atoms. The number of rotatable bonds is 6. The fraction of sp³-hybridized carbons (Fsp3) is 0.250. The van der Waals surface area contributed by atoms with E-state index in [4.69, 9.17) is 4.74 Å². The molecular weight excluding hydrogens is 538 g/mol. The lowest BCUT2D eigenvalue weighted by Crippen LogP contribution is -2.53. The van der Waals surface area contributed by atoms with Gasteiger partial charge in [-0.05, 0) is 53.4 Å². The van der Waals surface area contributed by atoms with Crippen LogP contribution < -0.4 is 15.0 Å². The first kappa shape index (κ1) is 27.0. The van der Waals surface area contributed by atoms with Gasteiger partial charge < -0.3 is 15.0 Å². The largest absolute Gasteiger partial charge is 0.477 e. The molecule has 0 bridgehead atoms. The van der Waals surface area contributed by atoms with Crippen molar-refractivity contribution in [2.75, 3.05) is 24.5 Å². The second kappa shape index (κ2) is 11.3. The minimum Gasteiger partial charge on any atom is -0.477 e. The normalized spacial score (nSPS) is 19.3. The van der Waals surface area contributed by atoms with Crippen molar-refractivity contribution in [3.8, 4) is 5.75 Å². The van der Waals surface area contributed by atoms with Gasteiger partial charge in [0, 0.05) is 19.6 Å². The monoisotopic (exact) mass is 569 g/mol. The van der Waals surface area contributed by atoms with E-state index >= 15 is 0 Å². The molecule has 2 heterocycles. The number of para-hydroxylation sites is 2. The average Bonchev–Trinajstić information content (AvgIpc) is 3.03. The van der Waals surface area contributed by atoms with E-state index in [1.807, 2.05) is 66.7 Å². The second-order valence-electron chi connectivity index (χ2n) is 10.4. The summed E-state index contributed by atoms with van der Waals surface area (Å²) in [4.78, 5) is 28.9. The molecule has 2 aliphatic rings. The van der Waals surface area contributed by atoms with Crippen LogP contribution in [0.1, 0.15) is 18.4 Å². The second-order valence-corrected chi connectivity index (χ2v) is 12.4. The molecule has 41 heavy (non-hydrogen) atoms. The summed E-state index contributed by atoms with van der Waals surface area (Å²) < 4.78 is 34.7. The van der Waals surface area contributed by atoms with Crippen molar-refractivity contribution in [3.63, 3.8) is 0 Å². The van der Waals surface area contributed by atoms with Gasteiger partial charge in [-0.1, -0.05) is 72.8 Å². The number of hydrogen-bond acceptors (Lipinski definition) is 5. The molecule has 0 aromatic heterocycles. The fourth-order valence-corrected chi connectivity index (χ4v) is 7.10. The molecule has 4 aromatic rings. The van der Waals surface area contributed by atoms with E-state index in [0.29, 0.717) is 37.4 Å². The molecule has 1 N–H and O–H groups in total. The van der Waals surface area contributed by atoms with E-state index in [-0.39, 0.29) is 29.8 Å². The minimum atomic E-state index is -3.80. The Morgan fingerprint density at radius 1 is 0.854 bits per heavy atom. The van der Waals surface area contributed by atoms with Gasteiger partial charge in [-0.25, -0.2) is 8.42 Å². The number of fused-ring (bicyclic) bond motifs is 2. The number of anilines is 1. The van der Waals surface area contributed by atoms with E-state index in [2.05, 4.69) is 5.32 Å². The minimum absolute atomic E-state index is 0.0460. The Kier molecular flexibility index (Phi) is 7.47. The number of benzene rings is 4. The summed E-state index contributed by atoms with van der Waals surface area (Å²) in [5.41, 5.74) is 1.54. The molecule has 1 fully saturated rings. The Labute approximate surface area is 239 Å². The maximum Gasteiger partial charge on any atom is 0.263 e. The third kappa shape index (κ3) is 5.55. The zero-order valence-electron chi connectivity index (χ0n) is 22.5. The Bertz CT molecular complexity index is 1690. The predicted octanol–water partition coefficient (Wildman–Crippen LogP) is 4.35. The van der Waals surface area contributed by atoms with E-state index < -0.39 is 22.0 Å². The van der Waals surface area contributed by atoms with Gasteiger partial charge >= 0.3 is 0 Å². The molecule has 210 valence electrons. The van der Waals surface area contributed by atoms with Crippen molar-refractivity contribution < 1.29 is 22.7 Å². The summed E-state index contributed by atoms with van der Waals surface area (Å²) in [6.45, 7) is 0.825. The fourth-order valence-electron chi connectivity index (χ4n) is 5.54. The molecule has 2 unspecified atom stereocenters. The maximum absolute atomic E-state index is 14.0. The molecule has 9 heteroatoms. The number of ether oxygens (including phenoxy) is 1. The van der Waals surface area contributed by atoms with Crippen molar-refractivity contribution in [1.82, 2.24) is 9.62 Å². The first-order valence-corrected chi connectivity index (χ1v) is 15.2. The molecule has 6 rings (SSSR count). The van der Waals surface area contributed by atoms with E-state index in [1.165, 1.54) is 4.31 Å². The van der Waals surface area contributed by atoms with Crippen molar-refractivity contribution in [2.45, 2.75) is 30.4 Å². The van der Waals surface area contributed by atoms with E-state index in [1.54, 1.807) is 35.2 Å². The van der Waals surface area contributed by atoms with Gasteiger partial charge in [0.1, 0.15) is 5.75 Å². The highest BCUT2D eigenvalue weighted by Crippen LogP contribution is 2.36. The number of hydrogen-bond donors (Lipinski definition) is 1. The quantitative estimate of drug-likeness (QED) is 0.373. The Hall–Kier alpha value is -4.21. The highest BCUT2D eigenvalue weighted by Gasteiger charge is 2.39. The van der Waals surface area contributed by atoms with Crippen molar-refractivity contribution in [1.29, 1.82) is 0 Å². The van der Waals surface area contributed by atoms with Crippen LogP contribution >= 0.6 is 0 Å². The van der Waals surface area contributed by atoms with Crippen LogP contribution in [0.2, 0.25) is 0 Å². The average molecular weight is 570 g/mol. The van der Waals surface area contributed by atoms with Crippen LogP contribution in [0.25, 0.3) is 10.8 Å². The number of amides is 2. The number of nitrogens with one attached hydrogen (secondary N) is 1. The molecule has 8 nitrogen and oxygen atoms in total. The maximum atomic E-state index is 14.0. The molecule has 2 amide bonds. The molecular formula is C32H31N3O5S. The van der Waals surface area contributed by atoms with Crippen molar-refractivity contribution in [2.24, 2.45) is 5.92 Å². The van der Waals surface area contributed by atoms with Gasteiger partial charge in [-0.15, -0.1) is 0 Å². The first-order chi connectivity index (χ1) is 19.9. The number of nitrogens with zero attached hydrogens (tertiary/aromatic N) is 2. The predicted molar refractivity (Wildman–Crippen MR) is 157 cm³/mol. The van der Waals surface area contributed by atoms with Gasteiger partial charge in [0.05, 0.1) is 23.0 Å². The summed E-state index contributed by atoms with van der Waals surface area (Å²) in [7, 11) is -3.80. The van der Waals surface area contributed by atoms with Crippen LogP contribution in [0.5, 0.6) is 5.75 Å². The molecule has 4 aromatic carbocycles. The van der Waals surface area contributed by atoms with Crippen LogP contribution in [0.3, 0.4) is 0 Å². The van der Waals surface area contributed by atoms with Crippen LogP contribution in [0.15, 0.2) is 102 Å². The topological polar surface area (TPSA) is 96.0 Å². The molecule has 0 radical (unpaired) electrons. The molecule has 2 atom stereocenters. The zero-order valence-corrected chi connectivity index (χ0v) is 23.3. The number of carbonyl (C=O) groups excluding carboxylic acids is 2. The van der Waals surface area contributed by atoms with Crippen LogP contribution in [0.4, 0.5) is 5.69 Å². The molecule has 0 saturated carbocycles. The Morgan fingerprint density at radius 3 is 2.41 bits per heavy atom. The lowest BCUT2D eigenvalue weighted by atomic mass is 9.97. The standard InChI is InChI=1S/C32H31N3O5S/c36-31(33-20-23-9-2-1-3-10-23)30-22-35(28-14-6-7-15-29(28)40-30)32(37)26-13-8-18-34(21-26)41(38,39)27-17-16-24-11-4-5-12-25(24)19-27/h1-7,9-12,14-17,19,26,30H,8,13,18,20-22H2,(H,33,36). The van der Waals surface area contributed by atoms with Crippen LogP contribution in [0, 0.1) is 5.92 Å². The lowest BCUT2D eigenvalue weighted by Gasteiger charge is -2.38. The van der Waals surface area contributed by atoms with Crippen molar-refractivity contribution in [3.05, 3.63) is 103 Å². The summed E-state index contributed by atoms with van der Waals surface area (Å²) in [6.07, 6.45) is 0.238.